The lowest BCUT2D eigenvalue weighted by molar-refractivity contribution is -0.385. The summed E-state index contributed by atoms with van der Waals surface area (Å²) in [5.74, 6) is 0. The quantitative estimate of drug-likeness (QED) is 0.571. The molecule has 0 aromatic carbocycles. The number of nitrogens with zero attached hydrogens (tertiary/aromatic N) is 1. The highest BCUT2D eigenvalue weighted by Crippen LogP contribution is 2.23. The molecule has 15 heavy (non-hydrogen) atoms. The Bertz CT molecular complexity index is 542. The second kappa shape index (κ2) is 3.41. The molecule has 2 aromatic heterocycles. The third-order valence-corrected chi connectivity index (χ3v) is 2.01. The SMILES string of the molecule is O=c1[nH]ccc(-c2ccc[nH]2)c1[N+](=O)[O-]. The van der Waals surface area contributed by atoms with E-state index in [0.717, 1.165) is 0 Å². The van der Waals surface area contributed by atoms with E-state index >= 15 is 0 Å². The predicted molar refractivity (Wildman–Crippen MR) is 53.5 cm³/mol. The fourth-order valence-electron chi connectivity index (χ4n) is 1.37. The van der Waals surface area contributed by atoms with Gasteiger partial charge in [-0.1, -0.05) is 0 Å². The number of nitrogens with one attached hydrogen (secondary N) is 2. The summed E-state index contributed by atoms with van der Waals surface area (Å²) in [6.45, 7) is 0. The molecule has 0 bridgehead atoms. The molecular weight excluding hydrogens is 198 g/mol. The lowest BCUT2D eigenvalue weighted by atomic mass is 10.1. The Morgan fingerprint density at radius 2 is 2.00 bits per heavy atom. The zero-order chi connectivity index (χ0) is 10.8. The van der Waals surface area contributed by atoms with Crippen molar-refractivity contribution in [2.24, 2.45) is 0 Å². The van der Waals surface area contributed by atoms with Crippen molar-refractivity contribution >= 4 is 5.69 Å². The first-order chi connectivity index (χ1) is 7.20. The second-order valence-corrected chi connectivity index (χ2v) is 2.91. The molecule has 0 radical (unpaired) electrons. The van der Waals surface area contributed by atoms with Gasteiger partial charge in [-0.3, -0.25) is 14.9 Å². The fourth-order valence-corrected chi connectivity index (χ4v) is 1.37. The van der Waals surface area contributed by atoms with Crippen molar-refractivity contribution < 1.29 is 4.92 Å². The van der Waals surface area contributed by atoms with Crippen LogP contribution in [0, 0.1) is 10.1 Å². The van der Waals surface area contributed by atoms with E-state index in [1.54, 1.807) is 18.3 Å². The predicted octanol–water partition coefficient (Wildman–Crippen LogP) is 1.28. The van der Waals surface area contributed by atoms with E-state index in [1.165, 1.54) is 12.3 Å². The molecule has 0 fully saturated rings. The van der Waals surface area contributed by atoms with Crippen molar-refractivity contribution in [3.63, 3.8) is 0 Å². The lowest BCUT2D eigenvalue weighted by Gasteiger charge is -1.98. The molecule has 6 nitrogen and oxygen atoms in total. The number of hydrogen-bond acceptors (Lipinski definition) is 3. The summed E-state index contributed by atoms with van der Waals surface area (Å²) in [5.41, 5.74) is -0.311. The van der Waals surface area contributed by atoms with Gasteiger partial charge in [-0.2, -0.15) is 0 Å². The molecule has 0 saturated carbocycles. The molecule has 76 valence electrons. The van der Waals surface area contributed by atoms with Gasteiger partial charge in [0, 0.05) is 12.4 Å². The number of hydrogen-bond donors (Lipinski definition) is 2. The lowest BCUT2D eigenvalue weighted by Crippen LogP contribution is -2.11. The van der Waals surface area contributed by atoms with Crippen LogP contribution in [0.25, 0.3) is 11.3 Å². The van der Waals surface area contributed by atoms with E-state index < -0.39 is 16.2 Å². The molecule has 6 heteroatoms. The van der Waals surface area contributed by atoms with Gasteiger partial charge in [-0.05, 0) is 18.2 Å². The van der Waals surface area contributed by atoms with Crippen LogP contribution in [0.2, 0.25) is 0 Å². The minimum Gasteiger partial charge on any atom is -0.361 e. The molecule has 2 heterocycles. The molecule has 0 aliphatic rings. The largest absolute Gasteiger partial charge is 0.361 e. The molecule has 2 N–H and O–H groups in total. The average molecular weight is 205 g/mol. The molecule has 0 aliphatic carbocycles. The third kappa shape index (κ3) is 1.52. The van der Waals surface area contributed by atoms with Gasteiger partial charge in [0.1, 0.15) is 0 Å². The topological polar surface area (TPSA) is 91.8 Å². The second-order valence-electron chi connectivity index (χ2n) is 2.91. The highest BCUT2D eigenvalue weighted by atomic mass is 16.6. The Morgan fingerprint density at radius 1 is 1.20 bits per heavy atom. The highest BCUT2D eigenvalue weighted by molar-refractivity contribution is 5.69. The standard InChI is InChI=1S/C9H7N3O3/c13-9-8(12(14)15)6(3-5-11-9)7-2-1-4-10-7/h1-5,10H,(H,11,13). The van der Waals surface area contributed by atoms with Gasteiger partial charge in [-0.25, -0.2) is 0 Å². The summed E-state index contributed by atoms with van der Waals surface area (Å²) in [6.07, 6.45) is 3.02. The van der Waals surface area contributed by atoms with Crippen LogP contribution in [0.5, 0.6) is 0 Å². The van der Waals surface area contributed by atoms with Crippen LogP contribution in [0.3, 0.4) is 0 Å². The summed E-state index contributed by atoms with van der Waals surface area (Å²) in [7, 11) is 0. The van der Waals surface area contributed by atoms with Crippen LogP contribution >= 0.6 is 0 Å². The zero-order valence-electron chi connectivity index (χ0n) is 7.56. The summed E-state index contributed by atoms with van der Waals surface area (Å²) < 4.78 is 0. The molecule has 0 saturated heterocycles. The van der Waals surface area contributed by atoms with E-state index in [0.29, 0.717) is 5.69 Å². The Kier molecular flexibility index (Phi) is 2.09. The van der Waals surface area contributed by atoms with Crippen LogP contribution in [0.4, 0.5) is 5.69 Å². The van der Waals surface area contributed by atoms with Crippen LogP contribution in [0.15, 0.2) is 35.4 Å². The molecule has 0 aliphatic heterocycles. The molecule has 0 amide bonds. The molecule has 2 aromatic rings. The normalized spacial score (nSPS) is 10.1. The van der Waals surface area contributed by atoms with Crippen molar-refractivity contribution in [1.29, 1.82) is 0 Å². The van der Waals surface area contributed by atoms with Crippen molar-refractivity contribution in [3.8, 4) is 11.3 Å². The minimum absolute atomic E-state index is 0.286. The Labute approximate surface area is 83.7 Å². The summed E-state index contributed by atoms with van der Waals surface area (Å²) in [5, 5.41) is 10.7. The number of nitro groups is 1. The highest BCUT2D eigenvalue weighted by Gasteiger charge is 2.19. The van der Waals surface area contributed by atoms with Gasteiger partial charge in [0.15, 0.2) is 0 Å². The average Bonchev–Trinajstić information content (AvgIpc) is 2.69. The number of aromatic nitrogens is 2. The van der Waals surface area contributed by atoms with Gasteiger partial charge in [0.2, 0.25) is 0 Å². The maximum Gasteiger partial charge on any atom is 0.343 e. The van der Waals surface area contributed by atoms with Crippen LogP contribution < -0.4 is 5.56 Å². The van der Waals surface area contributed by atoms with Gasteiger partial charge in [0.25, 0.3) is 0 Å². The van der Waals surface area contributed by atoms with Gasteiger partial charge >= 0.3 is 11.2 Å². The molecular formula is C9H7N3O3. The van der Waals surface area contributed by atoms with Gasteiger partial charge in [-0.15, -0.1) is 0 Å². The number of pyridine rings is 1. The third-order valence-electron chi connectivity index (χ3n) is 2.01. The minimum atomic E-state index is -0.702. The Hall–Kier alpha value is -2.37. The number of rotatable bonds is 2. The fraction of sp³-hybridized carbons (Fsp3) is 0. The van der Waals surface area contributed by atoms with Gasteiger partial charge < -0.3 is 9.97 Å². The van der Waals surface area contributed by atoms with Crippen LogP contribution in [-0.2, 0) is 0 Å². The monoisotopic (exact) mass is 205 g/mol. The summed E-state index contributed by atoms with van der Waals surface area (Å²) >= 11 is 0. The van der Waals surface area contributed by atoms with E-state index in [9.17, 15) is 14.9 Å². The van der Waals surface area contributed by atoms with E-state index in [2.05, 4.69) is 9.97 Å². The van der Waals surface area contributed by atoms with E-state index in [-0.39, 0.29) is 5.56 Å². The number of aromatic amines is 2. The van der Waals surface area contributed by atoms with Crippen molar-refractivity contribution in [1.82, 2.24) is 9.97 Å². The van der Waals surface area contributed by atoms with Crippen molar-refractivity contribution in [2.45, 2.75) is 0 Å². The first kappa shape index (κ1) is 9.20. The Balaban J connectivity index is 2.72. The van der Waals surface area contributed by atoms with Gasteiger partial charge in [0.05, 0.1) is 16.2 Å². The maximum absolute atomic E-state index is 11.3. The molecule has 2 rings (SSSR count). The first-order valence-corrected chi connectivity index (χ1v) is 4.20. The summed E-state index contributed by atoms with van der Waals surface area (Å²) in [6, 6.07) is 4.87. The molecule has 0 unspecified atom stereocenters. The molecule has 0 atom stereocenters. The van der Waals surface area contributed by atoms with E-state index in [4.69, 9.17) is 0 Å². The summed E-state index contributed by atoms with van der Waals surface area (Å²) in [4.78, 5) is 26.4. The smallest absolute Gasteiger partial charge is 0.343 e. The Morgan fingerprint density at radius 3 is 2.60 bits per heavy atom. The van der Waals surface area contributed by atoms with Crippen LogP contribution in [0.1, 0.15) is 0 Å². The van der Waals surface area contributed by atoms with Crippen molar-refractivity contribution in [2.75, 3.05) is 0 Å². The van der Waals surface area contributed by atoms with E-state index in [1.807, 2.05) is 0 Å². The maximum atomic E-state index is 11.3. The molecule has 0 spiro atoms. The van der Waals surface area contributed by atoms with Crippen LogP contribution in [-0.4, -0.2) is 14.9 Å². The zero-order valence-corrected chi connectivity index (χ0v) is 7.56. The number of H-pyrrole nitrogens is 2. The van der Waals surface area contributed by atoms with Crippen molar-refractivity contribution in [3.05, 3.63) is 51.1 Å². The first-order valence-electron chi connectivity index (χ1n) is 4.20.